The highest BCUT2D eigenvalue weighted by Gasteiger charge is 2.21. The van der Waals surface area contributed by atoms with Crippen molar-refractivity contribution in [2.24, 2.45) is 0 Å². The van der Waals surface area contributed by atoms with Gasteiger partial charge >= 0.3 is 5.69 Å². The number of para-hydroxylation sites is 1. The monoisotopic (exact) mass is 287 g/mol. The summed E-state index contributed by atoms with van der Waals surface area (Å²) >= 11 is 0. The van der Waals surface area contributed by atoms with Gasteiger partial charge in [0.05, 0.1) is 10.7 Å². The van der Waals surface area contributed by atoms with Gasteiger partial charge in [-0.15, -0.1) is 0 Å². The molecule has 0 bridgehead atoms. The Bertz CT molecular complexity index is 571. The molecule has 1 aromatic carbocycles. The molecule has 8 heteroatoms. The SMILES string of the molecule is CNc1cccc(NC(C)CS(C)(=O)=O)c1[N+](=O)[O-]. The van der Waals surface area contributed by atoms with Gasteiger partial charge < -0.3 is 10.6 Å². The molecule has 19 heavy (non-hydrogen) atoms. The summed E-state index contributed by atoms with van der Waals surface area (Å²) in [5.41, 5.74) is 0.583. The Morgan fingerprint density at radius 1 is 1.37 bits per heavy atom. The molecule has 0 amide bonds. The van der Waals surface area contributed by atoms with E-state index in [1.54, 1.807) is 32.2 Å². The molecule has 0 radical (unpaired) electrons. The maximum absolute atomic E-state index is 11.2. The normalized spacial score (nSPS) is 12.8. The van der Waals surface area contributed by atoms with Crippen LogP contribution in [-0.2, 0) is 9.84 Å². The number of nitrogens with one attached hydrogen (secondary N) is 2. The largest absolute Gasteiger partial charge is 0.382 e. The average molecular weight is 287 g/mol. The topological polar surface area (TPSA) is 101 Å². The molecule has 1 unspecified atom stereocenters. The Morgan fingerprint density at radius 2 is 1.95 bits per heavy atom. The summed E-state index contributed by atoms with van der Waals surface area (Å²) in [7, 11) is -1.55. The van der Waals surface area contributed by atoms with Crippen molar-refractivity contribution < 1.29 is 13.3 Å². The smallest absolute Gasteiger partial charge is 0.315 e. The van der Waals surface area contributed by atoms with Crippen LogP contribution >= 0.6 is 0 Å². The lowest BCUT2D eigenvalue weighted by atomic mass is 10.2. The lowest BCUT2D eigenvalue weighted by Crippen LogP contribution is -2.25. The number of nitro benzene ring substituents is 1. The molecule has 106 valence electrons. The van der Waals surface area contributed by atoms with Crippen LogP contribution in [0.4, 0.5) is 17.1 Å². The standard InChI is InChI=1S/C11H17N3O4S/c1-8(7-19(3,17)18)13-10-6-4-5-9(12-2)11(10)14(15)16/h4-6,8,12-13H,7H2,1-3H3. The van der Waals surface area contributed by atoms with E-state index in [0.717, 1.165) is 6.26 Å². The molecule has 0 saturated heterocycles. The fraction of sp³-hybridized carbons (Fsp3) is 0.455. The van der Waals surface area contributed by atoms with E-state index >= 15 is 0 Å². The number of rotatable bonds is 6. The van der Waals surface area contributed by atoms with E-state index < -0.39 is 20.8 Å². The van der Waals surface area contributed by atoms with E-state index in [9.17, 15) is 18.5 Å². The predicted octanol–water partition coefficient (Wildman–Crippen LogP) is 1.48. The second kappa shape index (κ2) is 5.87. The van der Waals surface area contributed by atoms with Crippen molar-refractivity contribution in [2.75, 3.05) is 29.7 Å². The number of hydrogen-bond donors (Lipinski definition) is 2. The van der Waals surface area contributed by atoms with Crippen LogP contribution in [0, 0.1) is 10.1 Å². The van der Waals surface area contributed by atoms with Gasteiger partial charge in [-0.25, -0.2) is 8.42 Å². The van der Waals surface area contributed by atoms with Crippen LogP contribution in [0.25, 0.3) is 0 Å². The highest BCUT2D eigenvalue weighted by Crippen LogP contribution is 2.32. The van der Waals surface area contributed by atoms with Crippen molar-refractivity contribution in [1.82, 2.24) is 0 Å². The zero-order chi connectivity index (χ0) is 14.6. The first kappa shape index (κ1) is 15.2. The maximum atomic E-state index is 11.2. The third-order valence-electron chi connectivity index (χ3n) is 2.44. The first-order chi connectivity index (χ1) is 8.74. The lowest BCUT2D eigenvalue weighted by Gasteiger charge is -2.15. The van der Waals surface area contributed by atoms with E-state index in [0.29, 0.717) is 11.4 Å². The number of anilines is 2. The zero-order valence-electron chi connectivity index (χ0n) is 11.0. The third kappa shape index (κ3) is 4.40. The molecule has 0 aliphatic rings. The molecule has 1 atom stereocenters. The quantitative estimate of drug-likeness (QED) is 0.607. The fourth-order valence-corrected chi connectivity index (χ4v) is 2.81. The minimum absolute atomic E-state index is 0.0893. The summed E-state index contributed by atoms with van der Waals surface area (Å²) in [5, 5.41) is 16.7. The molecule has 7 nitrogen and oxygen atoms in total. The van der Waals surface area contributed by atoms with Gasteiger partial charge in [-0.2, -0.15) is 0 Å². The van der Waals surface area contributed by atoms with Crippen LogP contribution in [0.3, 0.4) is 0 Å². The average Bonchev–Trinajstić information content (AvgIpc) is 2.25. The Morgan fingerprint density at radius 3 is 2.42 bits per heavy atom. The van der Waals surface area contributed by atoms with Crippen LogP contribution in [0.2, 0.25) is 0 Å². The van der Waals surface area contributed by atoms with Crippen LogP contribution < -0.4 is 10.6 Å². The highest BCUT2D eigenvalue weighted by molar-refractivity contribution is 7.90. The number of nitrogens with zero attached hydrogens (tertiary/aromatic N) is 1. The predicted molar refractivity (Wildman–Crippen MR) is 75.4 cm³/mol. The minimum atomic E-state index is -3.14. The molecule has 0 aliphatic carbocycles. The third-order valence-corrected chi connectivity index (χ3v) is 3.55. The Balaban J connectivity index is 3.04. The van der Waals surface area contributed by atoms with Crippen molar-refractivity contribution in [2.45, 2.75) is 13.0 Å². The van der Waals surface area contributed by atoms with Crippen molar-refractivity contribution in [1.29, 1.82) is 0 Å². The van der Waals surface area contributed by atoms with Gasteiger partial charge in [0, 0.05) is 19.3 Å². The molecule has 0 spiro atoms. The number of sulfone groups is 1. The van der Waals surface area contributed by atoms with Gasteiger partial charge in [0.15, 0.2) is 0 Å². The Labute approximate surface area is 112 Å². The summed E-state index contributed by atoms with van der Waals surface area (Å²) in [6, 6.07) is 4.39. The van der Waals surface area contributed by atoms with E-state index in [1.807, 2.05) is 0 Å². The van der Waals surface area contributed by atoms with Gasteiger partial charge in [0.2, 0.25) is 0 Å². The van der Waals surface area contributed by atoms with Crippen molar-refractivity contribution >= 4 is 26.9 Å². The van der Waals surface area contributed by atoms with Crippen molar-refractivity contribution in [3.05, 3.63) is 28.3 Å². The van der Waals surface area contributed by atoms with E-state index in [2.05, 4.69) is 10.6 Å². The second-order valence-corrected chi connectivity index (χ2v) is 6.53. The molecule has 2 N–H and O–H groups in total. The van der Waals surface area contributed by atoms with Crippen molar-refractivity contribution in [3.63, 3.8) is 0 Å². The fourth-order valence-electron chi connectivity index (χ4n) is 1.82. The van der Waals surface area contributed by atoms with Crippen LogP contribution in [0.1, 0.15) is 6.92 Å². The molecule has 1 aromatic rings. The van der Waals surface area contributed by atoms with Gasteiger partial charge in [-0.05, 0) is 19.1 Å². The van der Waals surface area contributed by atoms with Crippen LogP contribution in [0.5, 0.6) is 0 Å². The number of hydrogen-bond acceptors (Lipinski definition) is 6. The summed E-state index contributed by atoms with van der Waals surface area (Å²) < 4.78 is 22.4. The molecule has 0 heterocycles. The van der Waals surface area contributed by atoms with Crippen LogP contribution in [-0.4, -0.2) is 38.4 Å². The Kier molecular flexibility index (Phi) is 4.71. The molecule has 0 aliphatic heterocycles. The van der Waals surface area contributed by atoms with Gasteiger partial charge in [-0.3, -0.25) is 10.1 Å². The van der Waals surface area contributed by atoms with Gasteiger partial charge in [0.1, 0.15) is 21.2 Å². The molecule has 0 saturated carbocycles. The van der Waals surface area contributed by atoms with Gasteiger partial charge in [0.25, 0.3) is 0 Å². The van der Waals surface area contributed by atoms with E-state index in [1.165, 1.54) is 0 Å². The molecule has 0 fully saturated rings. The van der Waals surface area contributed by atoms with Crippen LogP contribution in [0.15, 0.2) is 18.2 Å². The van der Waals surface area contributed by atoms with Gasteiger partial charge in [-0.1, -0.05) is 6.07 Å². The Hall–Kier alpha value is -1.83. The molecular formula is C11H17N3O4S. The zero-order valence-corrected chi connectivity index (χ0v) is 11.8. The first-order valence-corrected chi connectivity index (χ1v) is 7.70. The second-order valence-electron chi connectivity index (χ2n) is 4.35. The highest BCUT2D eigenvalue weighted by atomic mass is 32.2. The summed E-state index contributed by atoms with van der Waals surface area (Å²) in [4.78, 5) is 10.6. The molecule has 0 aromatic heterocycles. The number of benzene rings is 1. The first-order valence-electron chi connectivity index (χ1n) is 5.64. The van der Waals surface area contributed by atoms with E-state index in [-0.39, 0.29) is 11.4 Å². The molecular weight excluding hydrogens is 270 g/mol. The lowest BCUT2D eigenvalue weighted by molar-refractivity contribution is -0.383. The molecule has 1 rings (SSSR count). The summed E-state index contributed by atoms with van der Waals surface area (Å²) in [6.07, 6.45) is 1.13. The summed E-state index contributed by atoms with van der Waals surface area (Å²) in [6.45, 7) is 1.66. The maximum Gasteiger partial charge on any atom is 0.315 e. The summed E-state index contributed by atoms with van der Waals surface area (Å²) in [5.74, 6) is -0.0893. The minimum Gasteiger partial charge on any atom is -0.382 e. The van der Waals surface area contributed by atoms with E-state index in [4.69, 9.17) is 0 Å². The van der Waals surface area contributed by atoms with Crippen molar-refractivity contribution in [3.8, 4) is 0 Å². The number of nitro groups is 1.